The maximum atomic E-state index is 7.22. The summed E-state index contributed by atoms with van der Waals surface area (Å²) in [5.41, 5.74) is 5.90. The van der Waals surface area contributed by atoms with Crippen molar-refractivity contribution in [3.63, 3.8) is 0 Å². The third-order valence-electron chi connectivity index (χ3n) is 1.93. The van der Waals surface area contributed by atoms with E-state index in [1.165, 1.54) is 6.20 Å². The topological polar surface area (TPSA) is 81.2 Å². The monoisotopic (exact) mass is 223 g/mol. The number of hydrogen-bond donors (Lipinski definition) is 2. The van der Waals surface area contributed by atoms with E-state index in [4.69, 9.17) is 20.6 Å². The number of pyridine rings is 1. The van der Waals surface area contributed by atoms with Gasteiger partial charge in [-0.05, 0) is 19.9 Å². The van der Waals surface area contributed by atoms with E-state index in [1.54, 1.807) is 12.1 Å². The third kappa shape index (κ3) is 3.86. The average molecular weight is 223 g/mol. The molecule has 0 spiro atoms. The molecule has 5 nitrogen and oxygen atoms in total. The van der Waals surface area contributed by atoms with Crippen molar-refractivity contribution >= 4 is 5.84 Å². The van der Waals surface area contributed by atoms with Gasteiger partial charge in [0, 0.05) is 24.4 Å². The van der Waals surface area contributed by atoms with Gasteiger partial charge in [-0.25, -0.2) is 4.98 Å². The first-order chi connectivity index (χ1) is 7.63. The van der Waals surface area contributed by atoms with Gasteiger partial charge in [0.05, 0.1) is 6.61 Å². The zero-order chi connectivity index (χ0) is 12.0. The lowest BCUT2D eigenvalue weighted by Gasteiger charge is -2.13. The van der Waals surface area contributed by atoms with Crippen molar-refractivity contribution in [2.45, 2.75) is 20.0 Å². The first-order valence-corrected chi connectivity index (χ1v) is 5.18. The zero-order valence-corrected chi connectivity index (χ0v) is 9.56. The SMILES string of the molecule is CCOCC(C)Oc1ccc(C(=N)N)cn1. The quantitative estimate of drug-likeness (QED) is 0.560. The minimum Gasteiger partial charge on any atom is -0.472 e. The van der Waals surface area contributed by atoms with Crippen LogP contribution in [0.5, 0.6) is 5.88 Å². The highest BCUT2D eigenvalue weighted by Crippen LogP contribution is 2.09. The number of aromatic nitrogens is 1. The van der Waals surface area contributed by atoms with Crippen LogP contribution in [0, 0.1) is 5.41 Å². The standard InChI is InChI=1S/C11H17N3O2/c1-3-15-7-8(2)16-10-5-4-9(6-14-10)11(12)13/h4-6,8H,3,7H2,1-2H3,(H3,12,13). The summed E-state index contributed by atoms with van der Waals surface area (Å²) in [6.07, 6.45) is 1.47. The van der Waals surface area contributed by atoms with E-state index in [0.717, 1.165) is 0 Å². The number of nitrogens with zero attached hydrogens (tertiary/aromatic N) is 1. The molecule has 0 saturated heterocycles. The molecule has 0 radical (unpaired) electrons. The predicted octanol–water partition coefficient (Wildman–Crippen LogP) is 1.17. The predicted molar refractivity (Wildman–Crippen MR) is 61.8 cm³/mol. The van der Waals surface area contributed by atoms with E-state index in [0.29, 0.717) is 24.7 Å². The van der Waals surface area contributed by atoms with Crippen LogP contribution in [0.4, 0.5) is 0 Å². The van der Waals surface area contributed by atoms with Crippen LogP contribution >= 0.6 is 0 Å². The fourth-order valence-corrected chi connectivity index (χ4v) is 1.13. The summed E-state index contributed by atoms with van der Waals surface area (Å²) in [7, 11) is 0. The molecular weight excluding hydrogens is 206 g/mol. The molecular formula is C11H17N3O2. The highest BCUT2D eigenvalue weighted by molar-refractivity contribution is 5.94. The molecule has 1 aromatic rings. The largest absolute Gasteiger partial charge is 0.472 e. The number of nitrogens with two attached hydrogens (primary N) is 1. The molecule has 0 bridgehead atoms. The van der Waals surface area contributed by atoms with Gasteiger partial charge < -0.3 is 15.2 Å². The van der Waals surface area contributed by atoms with Crippen LogP contribution in [-0.2, 0) is 4.74 Å². The molecule has 16 heavy (non-hydrogen) atoms. The highest BCUT2D eigenvalue weighted by atomic mass is 16.5. The third-order valence-corrected chi connectivity index (χ3v) is 1.93. The van der Waals surface area contributed by atoms with Gasteiger partial charge in [-0.3, -0.25) is 5.41 Å². The van der Waals surface area contributed by atoms with Crippen molar-refractivity contribution in [1.82, 2.24) is 4.98 Å². The Hall–Kier alpha value is -1.62. The molecule has 1 aromatic heterocycles. The Morgan fingerprint density at radius 1 is 1.56 bits per heavy atom. The fraction of sp³-hybridized carbons (Fsp3) is 0.455. The molecule has 0 aliphatic carbocycles. The van der Waals surface area contributed by atoms with Gasteiger partial charge in [-0.15, -0.1) is 0 Å². The van der Waals surface area contributed by atoms with Crippen LogP contribution in [0.15, 0.2) is 18.3 Å². The normalized spacial score (nSPS) is 12.1. The van der Waals surface area contributed by atoms with E-state index in [1.807, 2.05) is 13.8 Å². The van der Waals surface area contributed by atoms with Gasteiger partial charge in [0.15, 0.2) is 0 Å². The van der Waals surface area contributed by atoms with Gasteiger partial charge in [0.1, 0.15) is 11.9 Å². The Kier molecular flexibility index (Phi) is 4.72. The van der Waals surface area contributed by atoms with Crippen molar-refractivity contribution < 1.29 is 9.47 Å². The summed E-state index contributed by atoms with van der Waals surface area (Å²) < 4.78 is 10.7. The van der Waals surface area contributed by atoms with Gasteiger partial charge >= 0.3 is 0 Å². The van der Waals surface area contributed by atoms with E-state index in [9.17, 15) is 0 Å². The average Bonchev–Trinajstić information content (AvgIpc) is 2.27. The molecule has 1 rings (SSSR count). The molecule has 1 unspecified atom stereocenters. The molecule has 3 N–H and O–H groups in total. The van der Waals surface area contributed by atoms with Gasteiger partial charge in [0.2, 0.25) is 5.88 Å². The van der Waals surface area contributed by atoms with Crippen LogP contribution in [-0.4, -0.2) is 30.1 Å². The molecule has 5 heteroatoms. The van der Waals surface area contributed by atoms with E-state index in [2.05, 4.69) is 4.98 Å². The number of nitrogens with one attached hydrogen (secondary N) is 1. The lowest BCUT2D eigenvalue weighted by Crippen LogP contribution is -2.19. The number of hydrogen-bond acceptors (Lipinski definition) is 4. The second-order valence-corrected chi connectivity index (χ2v) is 3.39. The van der Waals surface area contributed by atoms with E-state index in [-0.39, 0.29) is 11.9 Å². The minimum atomic E-state index is -0.0457. The maximum absolute atomic E-state index is 7.22. The van der Waals surface area contributed by atoms with Crippen LogP contribution in [0.2, 0.25) is 0 Å². The maximum Gasteiger partial charge on any atom is 0.213 e. The van der Waals surface area contributed by atoms with Crippen molar-refractivity contribution in [2.24, 2.45) is 5.73 Å². The molecule has 0 saturated carbocycles. The zero-order valence-electron chi connectivity index (χ0n) is 9.56. The Morgan fingerprint density at radius 2 is 2.31 bits per heavy atom. The number of amidine groups is 1. The summed E-state index contributed by atoms with van der Waals surface area (Å²) in [6.45, 7) is 5.06. The van der Waals surface area contributed by atoms with Crippen LogP contribution in [0.25, 0.3) is 0 Å². The minimum absolute atomic E-state index is 0.00131. The second-order valence-electron chi connectivity index (χ2n) is 3.39. The summed E-state index contributed by atoms with van der Waals surface area (Å²) in [4.78, 5) is 4.05. The van der Waals surface area contributed by atoms with Crippen molar-refractivity contribution in [3.8, 4) is 5.88 Å². The summed E-state index contributed by atoms with van der Waals surface area (Å²) in [5.74, 6) is 0.513. The second kappa shape index (κ2) is 6.07. The van der Waals surface area contributed by atoms with E-state index >= 15 is 0 Å². The lowest BCUT2D eigenvalue weighted by atomic mass is 10.3. The molecule has 0 aliphatic heterocycles. The Balaban J connectivity index is 2.51. The Morgan fingerprint density at radius 3 is 2.81 bits per heavy atom. The number of nitrogen functional groups attached to an aromatic ring is 1. The van der Waals surface area contributed by atoms with E-state index < -0.39 is 0 Å². The van der Waals surface area contributed by atoms with Gasteiger partial charge in [-0.1, -0.05) is 0 Å². The lowest BCUT2D eigenvalue weighted by molar-refractivity contribution is 0.0633. The fourth-order valence-electron chi connectivity index (χ4n) is 1.13. The molecule has 1 atom stereocenters. The van der Waals surface area contributed by atoms with Gasteiger partial charge in [-0.2, -0.15) is 0 Å². The van der Waals surface area contributed by atoms with Crippen molar-refractivity contribution in [2.75, 3.05) is 13.2 Å². The molecule has 0 aliphatic rings. The molecule has 1 heterocycles. The van der Waals surface area contributed by atoms with Gasteiger partial charge in [0.25, 0.3) is 0 Å². The summed E-state index contributed by atoms with van der Waals surface area (Å²) in [6, 6.07) is 3.40. The summed E-state index contributed by atoms with van der Waals surface area (Å²) in [5, 5.41) is 7.22. The molecule has 0 amide bonds. The first kappa shape index (κ1) is 12.4. The highest BCUT2D eigenvalue weighted by Gasteiger charge is 2.05. The molecule has 88 valence electrons. The smallest absolute Gasteiger partial charge is 0.213 e. The van der Waals surface area contributed by atoms with Crippen LogP contribution < -0.4 is 10.5 Å². The molecule has 0 fully saturated rings. The van der Waals surface area contributed by atoms with Crippen LogP contribution in [0.3, 0.4) is 0 Å². The Bertz CT molecular complexity index is 338. The van der Waals surface area contributed by atoms with Crippen molar-refractivity contribution in [3.05, 3.63) is 23.9 Å². The summed E-state index contributed by atoms with van der Waals surface area (Å²) >= 11 is 0. The first-order valence-electron chi connectivity index (χ1n) is 5.18. The number of ether oxygens (including phenoxy) is 2. The molecule has 0 aromatic carbocycles. The van der Waals surface area contributed by atoms with Crippen molar-refractivity contribution in [1.29, 1.82) is 5.41 Å². The van der Waals surface area contributed by atoms with Crippen LogP contribution in [0.1, 0.15) is 19.4 Å². The Labute approximate surface area is 95.1 Å². The number of rotatable bonds is 6.